The van der Waals surface area contributed by atoms with Gasteiger partial charge in [-0.25, -0.2) is 16.8 Å². The van der Waals surface area contributed by atoms with Crippen molar-refractivity contribution >= 4 is 19.9 Å². The standard InChI is InChI=1S/C18H26N2O4S2/c21-25(22)12-7-17(14-25)19-8-10-20(11-9-19)26(23,24)18-6-5-15-3-1-2-4-16(15)13-18/h5-6,13,17H,1-4,7-12,14H2/p+1/t17-/m0/s1. The van der Waals surface area contributed by atoms with Gasteiger partial charge >= 0.3 is 0 Å². The van der Waals surface area contributed by atoms with Gasteiger partial charge in [-0.3, -0.25) is 0 Å². The lowest BCUT2D eigenvalue weighted by atomic mass is 9.92. The summed E-state index contributed by atoms with van der Waals surface area (Å²) in [6.07, 6.45) is 5.02. The molecule has 1 aromatic carbocycles. The summed E-state index contributed by atoms with van der Waals surface area (Å²) >= 11 is 0. The van der Waals surface area contributed by atoms with E-state index in [1.807, 2.05) is 12.1 Å². The van der Waals surface area contributed by atoms with E-state index in [1.54, 1.807) is 10.4 Å². The third-order valence-electron chi connectivity index (χ3n) is 6.13. The number of hydrogen-bond acceptors (Lipinski definition) is 4. The fourth-order valence-electron chi connectivity index (χ4n) is 4.56. The summed E-state index contributed by atoms with van der Waals surface area (Å²) in [5.74, 6) is 0.526. The lowest BCUT2D eigenvalue weighted by Crippen LogP contribution is -3.18. The van der Waals surface area contributed by atoms with Crippen LogP contribution in [0.3, 0.4) is 0 Å². The molecule has 0 aromatic heterocycles. The zero-order chi connectivity index (χ0) is 18.4. The van der Waals surface area contributed by atoms with E-state index in [-0.39, 0.29) is 17.5 Å². The van der Waals surface area contributed by atoms with Crippen LogP contribution in [0.25, 0.3) is 0 Å². The van der Waals surface area contributed by atoms with Gasteiger partial charge in [0.1, 0.15) is 11.8 Å². The summed E-state index contributed by atoms with van der Waals surface area (Å²) in [7, 11) is -6.35. The first-order valence-electron chi connectivity index (χ1n) is 9.52. The minimum atomic E-state index is -3.46. The molecule has 26 heavy (non-hydrogen) atoms. The molecular weight excluding hydrogens is 372 g/mol. The third-order valence-corrected chi connectivity index (χ3v) is 9.79. The molecule has 0 unspecified atom stereocenters. The van der Waals surface area contributed by atoms with Crippen LogP contribution in [0.4, 0.5) is 0 Å². The Morgan fingerprint density at radius 3 is 2.38 bits per heavy atom. The van der Waals surface area contributed by atoms with Crippen LogP contribution in [0.2, 0.25) is 0 Å². The average molecular weight is 400 g/mol. The van der Waals surface area contributed by atoms with Gasteiger partial charge in [0.15, 0.2) is 9.84 Å². The van der Waals surface area contributed by atoms with Gasteiger partial charge in [-0.05, 0) is 48.9 Å². The largest absolute Gasteiger partial charge is 0.329 e. The van der Waals surface area contributed by atoms with Crippen molar-refractivity contribution < 1.29 is 21.7 Å². The Morgan fingerprint density at radius 2 is 1.73 bits per heavy atom. The normalized spacial score (nSPS) is 27.3. The van der Waals surface area contributed by atoms with E-state index in [0.29, 0.717) is 37.5 Å². The molecule has 2 saturated heterocycles. The molecule has 1 N–H and O–H groups in total. The van der Waals surface area contributed by atoms with Crippen LogP contribution in [0.5, 0.6) is 0 Å². The highest BCUT2D eigenvalue weighted by Crippen LogP contribution is 2.25. The molecule has 0 amide bonds. The predicted molar refractivity (Wildman–Crippen MR) is 99.6 cm³/mol. The first kappa shape index (κ1) is 18.4. The number of aryl methyl sites for hydroxylation is 2. The van der Waals surface area contributed by atoms with E-state index in [2.05, 4.69) is 0 Å². The minimum Gasteiger partial charge on any atom is -0.329 e. The minimum absolute atomic E-state index is 0.133. The Labute approximate surface area is 156 Å². The van der Waals surface area contributed by atoms with Crippen LogP contribution >= 0.6 is 0 Å². The SMILES string of the molecule is O=S1(=O)CC[C@H]([NH+]2CCN(S(=O)(=O)c3ccc4c(c3)CCCC4)CC2)C1. The lowest BCUT2D eigenvalue weighted by molar-refractivity contribution is -0.925. The molecule has 0 bridgehead atoms. The highest BCUT2D eigenvalue weighted by molar-refractivity contribution is 7.91. The first-order chi connectivity index (χ1) is 12.4. The van der Waals surface area contributed by atoms with Crippen molar-refractivity contribution in [3.8, 4) is 0 Å². The number of nitrogens with one attached hydrogen (secondary N) is 1. The zero-order valence-corrected chi connectivity index (χ0v) is 16.6. The van der Waals surface area contributed by atoms with Crippen LogP contribution < -0.4 is 4.90 Å². The Morgan fingerprint density at radius 1 is 1.04 bits per heavy atom. The molecule has 2 aliphatic heterocycles. The van der Waals surface area contributed by atoms with Crippen molar-refractivity contribution in [1.29, 1.82) is 0 Å². The van der Waals surface area contributed by atoms with Gasteiger partial charge in [0.2, 0.25) is 10.0 Å². The summed E-state index contributed by atoms with van der Waals surface area (Å²) in [4.78, 5) is 1.65. The van der Waals surface area contributed by atoms with Crippen molar-refractivity contribution in [1.82, 2.24) is 4.31 Å². The van der Waals surface area contributed by atoms with Crippen molar-refractivity contribution in [2.45, 2.75) is 43.0 Å². The van der Waals surface area contributed by atoms with Crippen molar-refractivity contribution in [3.63, 3.8) is 0 Å². The van der Waals surface area contributed by atoms with Crippen molar-refractivity contribution in [2.24, 2.45) is 0 Å². The molecular formula is C18H27N2O4S2+. The number of hydrogen-bond donors (Lipinski definition) is 1. The smallest absolute Gasteiger partial charge is 0.243 e. The maximum absolute atomic E-state index is 13.0. The number of rotatable bonds is 3. The fourth-order valence-corrected chi connectivity index (χ4v) is 7.88. The van der Waals surface area contributed by atoms with E-state index in [4.69, 9.17) is 0 Å². The number of sulfonamides is 1. The van der Waals surface area contributed by atoms with E-state index < -0.39 is 19.9 Å². The summed E-state index contributed by atoms with van der Waals surface area (Å²) in [6.45, 7) is 2.30. The topological polar surface area (TPSA) is 76.0 Å². The number of benzene rings is 1. The maximum atomic E-state index is 13.0. The molecule has 1 atom stereocenters. The molecule has 1 aromatic rings. The Kier molecular flexibility index (Phi) is 4.88. The summed E-state index contributed by atoms with van der Waals surface area (Å²) in [6, 6.07) is 5.73. The number of piperazine rings is 1. The number of nitrogens with zero attached hydrogens (tertiary/aromatic N) is 1. The van der Waals surface area contributed by atoms with Crippen molar-refractivity contribution in [2.75, 3.05) is 37.7 Å². The van der Waals surface area contributed by atoms with Crippen molar-refractivity contribution in [3.05, 3.63) is 29.3 Å². The predicted octanol–water partition coefficient (Wildman–Crippen LogP) is -0.358. The Balaban J connectivity index is 1.45. The van der Waals surface area contributed by atoms with E-state index in [1.165, 1.54) is 22.4 Å². The Hall–Kier alpha value is -0.960. The van der Waals surface area contributed by atoms with E-state index >= 15 is 0 Å². The highest BCUT2D eigenvalue weighted by atomic mass is 32.2. The number of quaternary nitrogens is 1. The van der Waals surface area contributed by atoms with Crippen LogP contribution in [0.15, 0.2) is 23.1 Å². The van der Waals surface area contributed by atoms with Gasteiger partial charge in [-0.1, -0.05) is 6.07 Å². The summed E-state index contributed by atoms with van der Waals surface area (Å²) < 4.78 is 51.0. The maximum Gasteiger partial charge on any atom is 0.243 e. The number of sulfone groups is 1. The molecule has 0 radical (unpaired) electrons. The molecule has 0 spiro atoms. The van der Waals surface area contributed by atoms with E-state index in [9.17, 15) is 16.8 Å². The molecule has 3 aliphatic rings. The van der Waals surface area contributed by atoms with Crippen LogP contribution in [-0.2, 0) is 32.7 Å². The van der Waals surface area contributed by atoms with Crippen LogP contribution in [-0.4, -0.2) is 64.9 Å². The van der Waals surface area contributed by atoms with E-state index in [0.717, 1.165) is 19.3 Å². The van der Waals surface area contributed by atoms with Gasteiger partial charge in [0.05, 0.1) is 36.8 Å². The second-order valence-corrected chi connectivity index (χ2v) is 12.0. The second kappa shape index (κ2) is 6.89. The first-order valence-corrected chi connectivity index (χ1v) is 12.8. The van der Waals surface area contributed by atoms with Gasteiger partial charge < -0.3 is 4.90 Å². The fraction of sp³-hybridized carbons (Fsp3) is 0.667. The van der Waals surface area contributed by atoms with Crippen LogP contribution in [0, 0.1) is 0 Å². The molecule has 0 saturated carbocycles. The zero-order valence-electron chi connectivity index (χ0n) is 15.0. The molecule has 2 fully saturated rings. The summed E-state index contributed by atoms with van der Waals surface area (Å²) in [5.41, 5.74) is 2.46. The quantitative estimate of drug-likeness (QED) is 0.753. The van der Waals surface area contributed by atoms with Gasteiger partial charge in [-0.15, -0.1) is 0 Å². The highest BCUT2D eigenvalue weighted by Gasteiger charge is 2.39. The second-order valence-electron chi connectivity index (χ2n) is 7.80. The monoisotopic (exact) mass is 399 g/mol. The molecule has 8 heteroatoms. The van der Waals surface area contributed by atoms with Gasteiger partial charge in [0.25, 0.3) is 0 Å². The lowest BCUT2D eigenvalue weighted by Gasteiger charge is -2.34. The molecule has 2 heterocycles. The molecule has 4 rings (SSSR count). The van der Waals surface area contributed by atoms with Crippen LogP contribution in [0.1, 0.15) is 30.4 Å². The molecule has 144 valence electrons. The third kappa shape index (κ3) is 3.56. The molecule has 6 nitrogen and oxygen atoms in total. The summed E-state index contributed by atoms with van der Waals surface area (Å²) in [5, 5.41) is 0. The average Bonchev–Trinajstić information content (AvgIpc) is 3.01. The number of fused-ring (bicyclic) bond motifs is 1. The van der Waals surface area contributed by atoms with Gasteiger partial charge in [0, 0.05) is 6.42 Å². The van der Waals surface area contributed by atoms with Gasteiger partial charge in [-0.2, -0.15) is 4.31 Å². The Bertz CT molecular complexity index is 888. The molecule has 1 aliphatic carbocycles.